The third-order valence-corrected chi connectivity index (χ3v) is 4.80. The van der Waals surface area contributed by atoms with E-state index >= 15 is 0 Å². The molecule has 4 heteroatoms. The number of carbonyl (C=O) groups is 2. The predicted octanol–water partition coefficient (Wildman–Crippen LogP) is 1.66. The third-order valence-electron chi connectivity index (χ3n) is 4.80. The number of allylic oxidation sites excluding steroid dienone is 3. The first-order chi connectivity index (χ1) is 8.78. The Kier molecular flexibility index (Phi) is 2.24. The van der Waals surface area contributed by atoms with Gasteiger partial charge in [0.2, 0.25) is 0 Å². The summed E-state index contributed by atoms with van der Waals surface area (Å²) in [6.45, 7) is 5.54. The lowest BCUT2D eigenvalue weighted by Crippen LogP contribution is -2.44. The quantitative estimate of drug-likeness (QED) is 0.673. The number of carbonyl (C=O) groups excluding carboxylic acids is 2. The predicted molar refractivity (Wildman–Crippen MR) is 67.9 cm³/mol. The second-order valence-corrected chi connectivity index (χ2v) is 5.84. The molecule has 0 amide bonds. The van der Waals surface area contributed by atoms with Crippen LogP contribution >= 0.6 is 0 Å². The van der Waals surface area contributed by atoms with Crippen LogP contribution in [0.5, 0.6) is 0 Å². The van der Waals surface area contributed by atoms with Crippen molar-refractivity contribution in [2.75, 3.05) is 0 Å². The van der Waals surface area contributed by atoms with E-state index in [1.807, 2.05) is 13.8 Å². The average molecular weight is 260 g/mol. The normalized spacial score (nSPS) is 40.8. The molecule has 2 aliphatic carbocycles. The summed E-state index contributed by atoms with van der Waals surface area (Å²) in [6.07, 6.45) is 5.28. The van der Waals surface area contributed by atoms with E-state index in [4.69, 9.17) is 4.74 Å². The van der Waals surface area contributed by atoms with Gasteiger partial charge in [-0.2, -0.15) is 0 Å². The van der Waals surface area contributed by atoms with Crippen LogP contribution < -0.4 is 0 Å². The van der Waals surface area contributed by atoms with Crippen LogP contribution in [-0.4, -0.2) is 22.6 Å². The van der Waals surface area contributed by atoms with Crippen molar-refractivity contribution in [1.29, 1.82) is 0 Å². The molecular formula is C15H16O4. The van der Waals surface area contributed by atoms with Crippen LogP contribution in [0.25, 0.3) is 0 Å². The van der Waals surface area contributed by atoms with Crippen LogP contribution in [0.15, 0.2) is 34.9 Å². The van der Waals surface area contributed by atoms with Gasteiger partial charge in [-0.15, -0.1) is 0 Å². The maximum atomic E-state index is 11.9. The maximum Gasteiger partial charge on any atom is 0.336 e. The summed E-state index contributed by atoms with van der Waals surface area (Å²) in [6, 6.07) is 0. The highest BCUT2D eigenvalue weighted by Crippen LogP contribution is 2.53. The minimum Gasteiger partial charge on any atom is -0.422 e. The van der Waals surface area contributed by atoms with Gasteiger partial charge in [-0.05, 0) is 31.1 Å². The van der Waals surface area contributed by atoms with Gasteiger partial charge in [0.15, 0.2) is 5.78 Å². The van der Waals surface area contributed by atoms with Gasteiger partial charge in [0.05, 0.1) is 0 Å². The van der Waals surface area contributed by atoms with Gasteiger partial charge in [0, 0.05) is 22.5 Å². The zero-order valence-electron chi connectivity index (χ0n) is 11.2. The Morgan fingerprint density at radius 3 is 2.74 bits per heavy atom. The molecule has 4 nitrogen and oxygen atoms in total. The first-order valence-corrected chi connectivity index (χ1v) is 6.39. The Balaban J connectivity index is 2.21. The molecule has 0 aromatic rings. The monoisotopic (exact) mass is 260 g/mol. The van der Waals surface area contributed by atoms with E-state index in [1.54, 1.807) is 19.1 Å². The summed E-state index contributed by atoms with van der Waals surface area (Å²) in [5.41, 5.74) is 1.50. The van der Waals surface area contributed by atoms with Gasteiger partial charge in [-0.3, -0.25) is 4.79 Å². The minimum absolute atomic E-state index is 0.0774. The lowest BCUT2D eigenvalue weighted by molar-refractivity contribution is -0.169. The van der Waals surface area contributed by atoms with Gasteiger partial charge in [-0.25, -0.2) is 4.79 Å². The smallest absolute Gasteiger partial charge is 0.336 e. The molecule has 100 valence electrons. The highest BCUT2D eigenvalue weighted by atomic mass is 16.7. The average Bonchev–Trinajstić information content (AvgIpc) is 2.55. The molecule has 0 aromatic carbocycles. The van der Waals surface area contributed by atoms with E-state index in [-0.39, 0.29) is 17.1 Å². The molecule has 0 unspecified atom stereocenters. The van der Waals surface area contributed by atoms with Crippen molar-refractivity contribution in [3.05, 3.63) is 34.9 Å². The first-order valence-electron chi connectivity index (χ1n) is 6.39. The van der Waals surface area contributed by atoms with Crippen LogP contribution in [0.2, 0.25) is 0 Å². The summed E-state index contributed by atoms with van der Waals surface area (Å²) in [5.74, 6) is -2.21. The molecule has 0 aromatic heterocycles. The Morgan fingerprint density at radius 1 is 1.37 bits per heavy atom. The fourth-order valence-electron chi connectivity index (χ4n) is 3.16. The molecule has 0 bridgehead atoms. The molecule has 3 atom stereocenters. The molecule has 0 saturated heterocycles. The number of rotatable bonds is 0. The van der Waals surface area contributed by atoms with Crippen LogP contribution in [-0.2, 0) is 14.3 Å². The molecule has 3 rings (SSSR count). The molecule has 0 radical (unpaired) electrons. The topological polar surface area (TPSA) is 63.6 Å². The molecule has 19 heavy (non-hydrogen) atoms. The summed E-state index contributed by atoms with van der Waals surface area (Å²) in [4.78, 5) is 23.5. The van der Waals surface area contributed by atoms with Crippen LogP contribution in [0.1, 0.15) is 27.2 Å². The number of fused-ring (bicyclic) bond motifs is 2. The van der Waals surface area contributed by atoms with Crippen molar-refractivity contribution < 1.29 is 19.4 Å². The van der Waals surface area contributed by atoms with Crippen molar-refractivity contribution in [3.8, 4) is 0 Å². The molecule has 3 aliphatic rings. The van der Waals surface area contributed by atoms with Gasteiger partial charge in [0.25, 0.3) is 5.79 Å². The zero-order chi connectivity index (χ0) is 14.0. The minimum atomic E-state index is -1.62. The van der Waals surface area contributed by atoms with Crippen molar-refractivity contribution in [2.24, 2.45) is 11.3 Å². The number of aliphatic hydroxyl groups is 1. The molecule has 1 heterocycles. The van der Waals surface area contributed by atoms with Crippen molar-refractivity contribution in [1.82, 2.24) is 0 Å². The van der Waals surface area contributed by atoms with E-state index in [1.165, 1.54) is 6.08 Å². The molecule has 0 fully saturated rings. The summed E-state index contributed by atoms with van der Waals surface area (Å²) in [7, 11) is 0. The number of ether oxygens (including phenoxy) is 1. The number of hydrogen-bond donors (Lipinski definition) is 1. The largest absolute Gasteiger partial charge is 0.422 e. The van der Waals surface area contributed by atoms with Gasteiger partial charge < -0.3 is 9.84 Å². The van der Waals surface area contributed by atoms with E-state index in [0.717, 1.165) is 5.57 Å². The van der Waals surface area contributed by atoms with E-state index in [9.17, 15) is 14.7 Å². The van der Waals surface area contributed by atoms with Crippen LogP contribution in [0.3, 0.4) is 0 Å². The highest BCUT2D eigenvalue weighted by Gasteiger charge is 2.53. The van der Waals surface area contributed by atoms with E-state index in [2.05, 4.69) is 0 Å². The molecular weight excluding hydrogens is 244 g/mol. The standard InChI is InChI=1S/C15H16O4/c1-8-11-7-14(3)9(2)12(16)5-4-10(14)6-15(11,18)19-13(8)17/h4-6,9,18H,7H2,1-3H3/t9-,14+,15+/m0/s1. The Hall–Kier alpha value is -1.68. The number of esters is 1. The highest BCUT2D eigenvalue weighted by molar-refractivity contribution is 5.96. The Labute approximate surface area is 111 Å². The van der Waals surface area contributed by atoms with Crippen LogP contribution in [0, 0.1) is 11.3 Å². The fourth-order valence-corrected chi connectivity index (χ4v) is 3.16. The first kappa shape index (κ1) is 12.4. The summed E-state index contributed by atoms with van der Waals surface area (Å²) in [5, 5.41) is 10.5. The summed E-state index contributed by atoms with van der Waals surface area (Å²) >= 11 is 0. The third kappa shape index (κ3) is 1.43. The van der Waals surface area contributed by atoms with Crippen molar-refractivity contribution in [2.45, 2.75) is 33.0 Å². The molecule has 1 N–H and O–H groups in total. The van der Waals surface area contributed by atoms with Gasteiger partial charge >= 0.3 is 5.97 Å². The second-order valence-electron chi connectivity index (χ2n) is 5.84. The number of hydrogen-bond acceptors (Lipinski definition) is 4. The lowest BCUT2D eigenvalue weighted by atomic mass is 9.60. The maximum absolute atomic E-state index is 11.9. The molecule has 0 saturated carbocycles. The molecule has 1 aliphatic heterocycles. The van der Waals surface area contributed by atoms with Gasteiger partial charge in [0.1, 0.15) is 0 Å². The Morgan fingerprint density at radius 2 is 2.05 bits per heavy atom. The fraction of sp³-hybridized carbons (Fsp3) is 0.467. The van der Waals surface area contributed by atoms with Crippen molar-refractivity contribution in [3.63, 3.8) is 0 Å². The van der Waals surface area contributed by atoms with Crippen molar-refractivity contribution >= 4 is 11.8 Å². The summed E-state index contributed by atoms with van der Waals surface area (Å²) < 4.78 is 5.07. The van der Waals surface area contributed by atoms with Crippen LogP contribution in [0.4, 0.5) is 0 Å². The Bertz CT molecular complexity index is 595. The van der Waals surface area contributed by atoms with Gasteiger partial charge in [-0.1, -0.05) is 19.9 Å². The SMILES string of the molecule is CC1=C2C[C@@]3(C)C(=C[C@@]2(O)OC1=O)C=CC(=O)[C@@H]3C. The van der Waals surface area contributed by atoms with E-state index < -0.39 is 11.8 Å². The molecule has 0 spiro atoms. The second kappa shape index (κ2) is 3.45. The lowest BCUT2D eigenvalue weighted by Gasteiger charge is -2.44. The zero-order valence-corrected chi connectivity index (χ0v) is 11.2. The number of ketones is 1. The van der Waals surface area contributed by atoms with E-state index in [0.29, 0.717) is 17.6 Å².